The molecule has 6 rings (SSSR count). The first kappa shape index (κ1) is 29.8. The Hall–Kier alpha value is -4.22. The van der Waals surface area contributed by atoms with Crippen molar-refractivity contribution in [2.75, 3.05) is 26.1 Å². The van der Waals surface area contributed by atoms with Crippen LogP contribution in [0.3, 0.4) is 0 Å². The van der Waals surface area contributed by atoms with Crippen molar-refractivity contribution in [1.82, 2.24) is 24.4 Å². The fourth-order valence-corrected chi connectivity index (χ4v) is 6.14. The van der Waals surface area contributed by atoms with Crippen molar-refractivity contribution in [2.24, 2.45) is 0 Å². The molecule has 3 N–H and O–H groups in total. The number of aliphatic hydroxyl groups is 2. The monoisotopic (exact) mass is 612 g/mol. The molecular weight excluding hydrogens is 580 g/mol. The lowest BCUT2D eigenvalue weighted by Crippen LogP contribution is -2.60. The van der Waals surface area contributed by atoms with E-state index in [1.807, 2.05) is 30.3 Å². The second kappa shape index (κ2) is 11.4. The molecule has 0 spiro atoms. The lowest BCUT2D eigenvalue weighted by atomic mass is 9.86. The number of hydrogen-bond donors (Lipinski definition) is 3. The van der Waals surface area contributed by atoms with Gasteiger partial charge in [-0.1, -0.05) is 30.3 Å². The highest BCUT2D eigenvalue weighted by molar-refractivity contribution is 6.09. The van der Waals surface area contributed by atoms with Crippen LogP contribution in [0.15, 0.2) is 43.0 Å². The molecule has 3 aliphatic rings. The number of aromatic nitrogens is 4. The first-order chi connectivity index (χ1) is 21.1. The van der Waals surface area contributed by atoms with Gasteiger partial charge in [0, 0.05) is 26.5 Å². The topological polar surface area (TPSA) is 197 Å². The number of anilines is 1. The van der Waals surface area contributed by atoms with Crippen molar-refractivity contribution in [2.45, 2.75) is 68.3 Å². The molecule has 16 heteroatoms. The van der Waals surface area contributed by atoms with E-state index < -0.39 is 59.9 Å². The molecule has 2 unspecified atom stereocenters. The second-order valence-electron chi connectivity index (χ2n) is 10.8. The maximum atomic E-state index is 13.3. The summed E-state index contributed by atoms with van der Waals surface area (Å²) in [6.07, 6.45) is -4.14. The zero-order valence-electron chi connectivity index (χ0n) is 24.2. The standard InChI is InChI=1S/C28H32N6O10/c1-4-41-17-11-27(33(2)24(37)28(17,44-27)25(38)40-3)10-16-19(35)20(36)23(43-16)34-14-31-18-21(29-13-30-22(18)34)32-26(39)42-12-15-8-6-5-7-9-15/h5-9,13-14,16-17,19-20,23,35-36H,4,10-12H2,1-3H3,(H,29,30,32,39)/t16-,17?,19-,20-,23-,27-,28?/m1/s1. The van der Waals surface area contributed by atoms with E-state index in [9.17, 15) is 24.6 Å². The molecule has 0 radical (unpaired) electrons. The van der Waals surface area contributed by atoms with Crippen LogP contribution in [-0.2, 0) is 39.9 Å². The molecule has 5 heterocycles. The molecule has 2 bridgehead atoms. The molecule has 3 aromatic rings. The maximum absolute atomic E-state index is 13.3. The van der Waals surface area contributed by atoms with Crippen LogP contribution < -0.4 is 5.32 Å². The van der Waals surface area contributed by atoms with E-state index in [0.29, 0.717) is 0 Å². The number of carbonyl (C=O) groups excluding carboxylic acids is 3. The average molecular weight is 613 g/mol. The van der Waals surface area contributed by atoms with E-state index in [1.165, 1.54) is 29.2 Å². The number of nitrogens with one attached hydrogen (secondary N) is 1. The molecule has 7 atom stereocenters. The molecular formula is C28H32N6O10. The number of amides is 2. The van der Waals surface area contributed by atoms with Gasteiger partial charge in [0.2, 0.25) is 0 Å². The third kappa shape index (κ3) is 4.66. The molecule has 2 amide bonds. The van der Waals surface area contributed by atoms with Gasteiger partial charge in [0.25, 0.3) is 11.5 Å². The van der Waals surface area contributed by atoms with Gasteiger partial charge >= 0.3 is 12.1 Å². The van der Waals surface area contributed by atoms with Crippen LogP contribution in [0, 0.1) is 0 Å². The molecule has 2 aromatic heterocycles. The van der Waals surface area contributed by atoms with Crippen LogP contribution in [-0.4, -0.2) is 109 Å². The van der Waals surface area contributed by atoms with Crippen molar-refractivity contribution in [3.8, 4) is 0 Å². The summed E-state index contributed by atoms with van der Waals surface area (Å²) in [5, 5.41) is 24.7. The van der Waals surface area contributed by atoms with Crippen molar-refractivity contribution in [1.29, 1.82) is 0 Å². The van der Waals surface area contributed by atoms with Crippen molar-refractivity contribution < 1.29 is 48.3 Å². The number of likely N-dealkylation sites (tertiary alicyclic amines) is 1. The lowest BCUT2D eigenvalue weighted by molar-refractivity contribution is -0.181. The SMILES string of the molecule is CCOC1C[C@@]2(C[C@H]3O[C@@H](n4cnc5c(NC(=O)OCc6ccccc6)ncnc54)[C@H](O)[C@@H]3O)OC1(C(=O)OC)C(=O)N2C. The summed E-state index contributed by atoms with van der Waals surface area (Å²) in [6.45, 7) is 2.01. The van der Waals surface area contributed by atoms with Crippen LogP contribution in [0.1, 0.15) is 31.6 Å². The number of benzene rings is 1. The number of likely N-dealkylation sites (N-methyl/N-ethyl adjacent to an activating group) is 1. The number of nitrogens with zero attached hydrogens (tertiary/aromatic N) is 5. The van der Waals surface area contributed by atoms with Crippen LogP contribution in [0.5, 0.6) is 0 Å². The highest BCUT2D eigenvalue weighted by atomic mass is 16.6. The average Bonchev–Trinajstić information content (AvgIpc) is 3.74. The first-order valence-corrected chi connectivity index (χ1v) is 14.0. The molecule has 44 heavy (non-hydrogen) atoms. The third-order valence-electron chi connectivity index (χ3n) is 8.32. The summed E-state index contributed by atoms with van der Waals surface area (Å²) in [6, 6.07) is 9.16. The van der Waals surface area contributed by atoms with Gasteiger partial charge in [-0.05, 0) is 12.5 Å². The second-order valence-corrected chi connectivity index (χ2v) is 10.8. The third-order valence-corrected chi connectivity index (χ3v) is 8.32. The summed E-state index contributed by atoms with van der Waals surface area (Å²) >= 11 is 0. The Morgan fingerprint density at radius 1 is 1.16 bits per heavy atom. The Balaban J connectivity index is 1.20. The van der Waals surface area contributed by atoms with Gasteiger partial charge in [0.1, 0.15) is 31.2 Å². The van der Waals surface area contributed by atoms with Gasteiger partial charge in [-0.15, -0.1) is 0 Å². The fraction of sp³-hybridized carbons (Fsp3) is 0.500. The maximum Gasteiger partial charge on any atom is 0.413 e. The van der Waals surface area contributed by atoms with Gasteiger partial charge < -0.3 is 38.8 Å². The Morgan fingerprint density at radius 3 is 2.66 bits per heavy atom. The number of methoxy groups -OCH3 is 1. The van der Waals surface area contributed by atoms with E-state index in [1.54, 1.807) is 6.92 Å². The Labute approximate surface area is 250 Å². The molecule has 3 fully saturated rings. The molecule has 3 aliphatic heterocycles. The normalized spacial score (nSPS) is 31.1. The minimum Gasteiger partial charge on any atom is -0.466 e. The predicted molar refractivity (Wildman–Crippen MR) is 147 cm³/mol. The minimum atomic E-state index is -1.98. The number of imidazole rings is 1. The van der Waals surface area contributed by atoms with Crippen molar-refractivity contribution in [3.63, 3.8) is 0 Å². The van der Waals surface area contributed by atoms with E-state index in [4.69, 9.17) is 23.7 Å². The highest BCUT2D eigenvalue weighted by Gasteiger charge is 2.75. The molecule has 1 aromatic carbocycles. The van der Waals surface area contributed by atoms with Crippen LogP contribution in [0.4, 0.5) is 10.6 Å². The zero-order valence-corrected chi connectivity index (χ0v) is 24.2. The lowest BCUT2D eigenvalue weighted by Gasteiger charge is -2.37. The van der Waals surface area contributed by atoms with Crippen molar-refractivity contribution >= 4 is 35.0 Å². The van der Waals surface area contributed by atoms with Gasteiger partial charge in [0.15, 0.2) is 28.9 Å². The number of piperidine rings is 1. The van der Waals surface area contributed by atoms with E-state index in [0.717, 1.165) is 12.7 Å². The molecule has 3 saturated heterocycles. The quantitative estimate of drug-likeness (QED) is 0.223. The Morgan fingerprint density at radius 2 is 1.93 bits per heavy atom. The zero-order chi connectivity index (χ0) is 31.2. The number of ether oxygens (including phenoxy) is 5. The summed E-state index contributed by atoms with van der Waals surface area (Å²) in [5.41, 5.74) is -2.15. The number of rotatable bonds is 9. The fourth-order valence-electron chi connectivity index (χ4n) is 6.14. The number of aliphatic hydroxyl groups excluding tert-OH is 2. The first-order valence-electron chi connectivity index (χ1n) is 14.0. The highest BCUT2D eigenvalue weighted by Crippen LogP contribution is 2.53. The Bertz CT molecular complexity index is 1570. The minimum absolute atomic E-state index is 0.0504. The van der Waals surface area contributed by atoms with Crippen LogP contribution >= 0.6 is 0 Å². The summed E-state index contributed by atoms with van der Waals surface area (Å²) < 4.78 is 29.6. The predicted octanol–water partition coefficient (Wildman–Crippen LogP) is 0.490. The molecule has 0 aliphatic carbocycles. The number of hydrogen-bond acceptors (Lipinski definition) is 13. The van der Waals surface area contributed by atoms with Gasteiger partial charge in [-0.3, -0.25) is 14.7 Å². The number of fused-ring (bicyclic) bond motifs is 3. The van der Waals surface area contributed by atoms with Crippen LogP contribution in [0.25, 0.3) is 11.2 Å². The van der Waals surface area contributed by atoms with E-state index in [-0.39, 0.29) is 43.0 Å². The number of carbonyl (C=O) groups is 3. The van der Waals surface area contributed by atoms with Crippen molar-refractivity contribution in [3.05, 3.63) is 48.5 Å². The van der Waals surface area contributed by atoms with Gasteiger partial charge in [0.05, 0.1) is 19.5 Å². The molecule has 234 valence electrons. The van der Waals surface area contributed by atoms with E-state index in [2.05, 4.69) is 20.3 Å². The van der Waals surface area contributed by atoms with E-state index >= 15 is 0 Å². The smallest absolute Gasteiger partial charge is 0.413 e. The summed E-state index contributed by atoms with van der Waals surface area (Å²) in [4.78, 5) is 52.5. The van der Waals surface area contributed by atoms with Gasteiger partial charge in [-0.2, -0.15) is 0 Å². The van der Waals surface area contributed by atoms with Crippen LogP contribution in [0.2, 0.25) is 0 Å². The number of esters is 1. The Kier molecular flexibility index (Phi) is 7.71. The molecule has 16 nitrogen and oxygen atoms in total. The largest absolute Gasteiger partial charge is 0.466 e. The summed E-state index contributed by atoms with van der Waals surface area (Å²) in [7, 11) is 2.65. The molecule has 0 saturated carbocycles. The van der Waals surface area contributed by atoms with Gasteiger partial charge in [-0.25, -0.2) is 24.5 Å². The summed E-state index contributed by atoms with van der Waals surface area (Å²) in [5.74, 6) is -1.43.